The molecule has 1 saturated heterocycles. The third-order valence-corrected chi connectivity index (χ3v) is 5.32. The number of nitrogens with one attached hydrogen (secondary N) is 1. The van der Waals surface area contributed by atoms with E-state index in [1.54, 1.807) is 47.5 Å². The summed E-state index contributed by atoms with van der Waals surface area (Å²) in [6, 6.07) is 12.2. The van der Waals surface area contributed by atoms with Crippen molar-refractivity contribution in [2.75, 3.05) is 16.8 Å². The van der Waals surface area contributed by atoms with Crippen molar-refractivity contribution in [2.45, 2.75) is 6.42 Å². The molecule has 8 heteroatoms. The van der Waals surface area contributed by atoms with Gasteiger partial charge in [-0.05, 0) is 36.8 Å². The zero-order valence-corrected chi connectivity index (χ0v) is 16.1. The fourth-order valence-corrected chi connectivity index (χ4v) is 3.46. The van der Waals surface area contributed by atoms with Crippen LogP contribution >= 0.6 is 23.2 Å². The predicted molar refractivity (Wildman–Crippen MR) is 107 cm³/mol. The monoisotopic (exact) mass is 415 g/mol. The molecule has 0 unspecified atom stereocenters. The molecule has 1 aliphatic heterocycles. The van der Waals surface area contributed by atoms with Crippen LogP contribution in [0.15, 0.2) is 59.5 Å². The van der Waals surface area contributed by atoms with Gasteiger partial charge in [-0.2, -0.15) is 0 Å². The van der Waals surface area contributed by atoms with E-state index in [1.165, 1.54) is 6.39 Å². The maximum Gasteiger partial charge on any atom is 0.239 e. The van der Waals surface area contributed by atoms with Gasteiger partial charge in [0.15, 0.2) is 12.2 Å². The summed E-state index contributed by atoms with van der Waals surface area (Å²) >= 11 is 12.0. The number of aromatic nitrogens is 1. The quantitative estimate of drug-likeness (QED) is 0.629. The number of amides is 2. The van der Waals surface area contributed by atoms with Crippen LogP contribution in [0.3, 0.4) is 0 Å². The van der Waals surface area contributed by atoms with Gasteiger partial charge in [0.1, 0.15) is 5.92 Å². The molecular weight excluding hydrogens is 401 g/mol. The Labute approximate surface area is 171 Å². The van der Waals surface area contributed by atoms with Gasteiger partial charge in [-0.25, -0.2) is 4.98 Å². The van der Waals surface area contributed by atoms with E-state index in [-0.39, 0.29) is 11.8 Å². The zero-order valence-electron chi connectivity index (χ0n) is 14.6. The van der Waals surface area contributed by atoms with Crippen molar-refractivity contribution < 1.29 is 14.0 Å². The first-order chi connectivity index (χ1) is 13.5. The standard InChI is InChI=1S/C20H15Cl2N3O3/c21-16-5-4-14(9-17(16)22)25-7-6-15(20(25)27)19(26)24-13-3-1-2-12(8-13)18-10-23-11-28-18/h1-5,8-11,15H,6-7H2,(H,24,26)/t15-/m1/s1. The summed E-state index contributed by atoms with van der Waals surface area (Å²) in [5.41, 5.74) is 1.99. The lowest BCUT2D eigenvalue weighted by Crippen LogP contribution is -2.33. The van der Waals surface area contributed by atoms with Crippen LogP contribution in [0, 0.1) is 5.92 Å². The molecule has 1 atom stereocenters. The summed E-state index contributed by atoms with van der Waals surface area (Å²) in [5.74, 6) is -0.771. The Hall–Kier alpha value is -2.83. The molecular formula is C20H15Cl2N3O3. The lowest BCUT2D eigenvalue weighted by Gasteiger charge is -2.17. The highest BCUT2D eigenvalue weighted by atomic mass is 35.5. The Balaban J connectivity index is 1.48. The smallest absolute Gasteiger partial charge is 0.239 e. The molecule has 2 aromatic carbocycles. The zero-order chi connectivity index (χ0) is 19.7. The average Bonchev–Trinajstić information content (AvgIpc) is 3.34. The number of carbonyl (C=O) groups is 2. The molecule has 1 aliphatic rings. The van der Waals surface area contributed by atoms with Crippen molar-refractivity contribution in [3.63, 3.8) is 0 Å². The number of rotatable bonds is 4. The van der Waals surface area contributed by atoms with Crippen molar-refractivity contribution >= 4 is 46.4 Å². The van der Waals surface area contributed by atoms with Gasteiger partial charge in [0.05, 0.1) is 16.2 Å². The molecule has 2 heterocycles. The summed E-state index contributed by atoms with van der Waals surface area (Å²) in [6.45, 7) is 0.437. The fourth-order valence-electron chi connectivity index (χ4n) is 3.17. The molecule has 0 bridgehead atoms. The summed E-state index contributed by atoms with van der Waals surface area (Å²) in [5, 5.41) is 3.59. The van der Waals surface area contributed by atoms with Crippen LogP contribution in [0.4, 0.5) is 11.4 Å². The third-order valence-electron chi connectivity index (χ3n) is 4.58. The molecule has 0 aliphatic carbocycles. The highest BCUT2D eigenvalue weighted by Crippen LogP contribution is 2.31. The van der Waals surface area contributed by atoms with E-state index in [4.69, 9.17) is 27.6 Å². The third kappa shape index (κ3) is 3.61. The molecule has 28 heavy (non-hydrogen) atoms. The topological polar surface area (TPSA) is 75.4 Å². The average molecular weight is 416 g/mol. The maximum absolute atomic E-state index is 12.8. The van der Waals surface area contributed by atoms with Gasteiger partial charge >= 0.3 is 0 Å². The lowest BCUT2D eigenvalue weighted by molar-refractivity contribution is -0.129. The first-order valence-corrected chi connectivity index (χ1v) is 9.35. The highest BCUT2D eigenvalue weighted by molar-refractivity contribution is 6.42. The van der Waals surface area contributed by atoms with Crippen molar-refractivity contribution in [1.29, 1.82) is 0 Å². The molecule has 0 spiro atoms. The van der Waals surface area contributed by atoms with Crippen molar-refractivity contribution in [2.24, 2.45) is 5.92 Å². The molecule has 1 N–H and O–H groups in total. The molecule has 6 nitrogen and oxygen atoms in total. The molecule has 0 radical (unpaired) electrons. The number of hydrogen-bond donors (Lipinski definition) is 1. The van der Waals surface area contributed by atoms with Gasteiger partial charge in [0, 0.05) is 23.5 Å². The van der Waals surface area contributed by atoms with Gasteiger partial charge in [-0.1, -0.05) is 35.3 Å². The van der Waals surface area contributed by atoms with Crippen molar-refractivity contribution in [1.82, 2.24) is 4.98 Å². The summed E-state index contributed by atoms with van der Waals surface area (Å²) < 4.78 is 5.27. The molecule has 142 valence electrons. The van der Waals surface area contributed by atoms with Gasteiger partial charge in [-0.3, -0.25) is 9.59 Å². The van der Waals surface area contributed by atoms with Crippen LogP contribution in [0.5, 0.6) is 0 Å². The van der Waals surface area contributed by atoms with Crippen LogP contribution < -0.4 is 10.2 Å². The first kappa shape index (κ1) is 18.5. The second-order valence-electron chi connectivity index (χ2n) is 6.37. The van der Waals surface area contributed by atoms with E-state index >= 15 is 0 Å². The van der Waals surface area contributed by atoms with Gasteiger partial charge in [0.2, 0.25) is 11.8 Å². The highest BCUT2D eigenvalue weighted by Gasteiger charge is 2.37. The summed E-state index contributed by atoms with van der Waals surface area (Å²) in [7, 11) is 0. The fraction of sp³-hybridized carbons (Fsp3) is 0.150. The number of anilines is 2. The number of carbonyl (C=O) groups excluding carboxylic acids is 2. The minimum atomic E-state index is -0.761. The van der Waals surface area contributed by atoms with Crippen molar-refractivity contribution in [3.8, 4) is 11.3 Å². The Kier molecular flexibility index (Phi) is 5.07. The normalized spacial score (nSPS) is 16.4. The van der Waals surface area contributed by atoms with E-state index in [2.05, 4.69) is 10.3 Å². The van der Waals surface area contributed by atoms with Gasteiger partial charge in [-0.15, -0.1) is 0 Å². The Bertz CT molecular complexity index is 1040. The number of oxazole rings is 1. The van der Waals surface area contributed by atoms with Gasteiger partial charge in [0.25, 0.3) is 0 Å². The van der Waals surface area contributed by atoms with Gasteiger partial charge < -0.3 is 14.6 Å². The van der Waals surface area contributed by atoms with Crippen LogP contribution in [-0.4, -0.2) is 23.3 Å². The summed E-state index contributed by atoms with van der Waals surface area (Å²) in [4.78, 5) is 30.9. The molecule has 1 aromatic heterocycles. The second-order valence-corrected chi connectivity index (χ2v) is 7.18. The maximum atomic E-state index is 12.8. The molecule has 0 saturated carbocycles. The van der Waals surface area contributed by atoms with Crippen LogP contribution in [-0.2, 0) is 9.59 Å². The SMILES string of the molecule is O=C(Nc1cccc(-c2cnco2)c1)[C@H]1CCN(c2ccc(Cl)c(Cl)c2)C1=O. The number of hydrogen-bond acceptors (Lipinski definition) is 4. The predicted octanol–water partition coefficient (Wildman–Crippen LogP) is 4.64. The minimum Gasteiger partial charge on any atom is -0.444 e. The minimum absolute atomic E-state index is 0.262. The van der Waals surface area contributed by atoms with E-state index < -0.39 is 5.92 Å². The number of benzene rings is 2. The van der Waals surface area contributed by atoms with Crippen LogP contribution in [0.1, 0.15) is 6.42 Å². The Morgan fingerprint density at radius 1 is 1.18 bits per heavy atom. The second kappa shape index (κ2) is 7.66. The summed E-state index contributed by atoms with van der Waals surface area (Å²) in [6.07, 6.45) is 3.36. The molecule has 1 fully saturated rings. The lowest BCUT2D eigenvalue weighted by atomic mass is 10.1. The van der Waals surface area contributed by atoms with Crippen molar-refractivity contribution in [3.05, 3.63) is 65.1 Å². The largest absolute Gasteiger partial charge is 0.444 e. The Morgan fingerprint density at radius 3 is 2.79 bits per heavy atom. The first-order valence-electron chi connectivity index (χ1n) is 8.59. The molecule has 3 aromatic rings. The van der Waals surface area contributed by atoms with E-state index in [9.17, 15) is 9.59 Å². The van der Waals surface area contributed by atoms with E-state index in [0.29, 0.717) is 40.1 Å². The van der Waals surface area contributed by atoms with E-state index in [0.717, 1.165) is 5.56 Å². The Morgan fingerprint density at radius 2 is 2.04 bits per heavy atom. The molecule has 4 rings (SSSR count). The number of halogens is 2. The van der Waals surface area contributed by atoms with E-state index in [1.807, 2.05) is 6.07 Å². The van der Waals surface area contributed by atoms with Crippen LogP contribution in [0.25, 0.3) is 11.3 Å². The van der Waals surface area contributed by atoms with Crippen LogP contribution in [0.2, 0.25) is 10.0 Å². The number of nitrogens with zero attached hydrogens (tertiary/aromatic N) is 2. The molecule has 2 amide bonds.